The standard InChI is InChI=1S/C15H16ClNO3S/c1-9(18)4-3-7-21(2)14-13(19)11-6-5-10(16)8-12(11)17-15(14)20/h5-6,8H,3-4,7H2,1-2H3,(H-,17,19,20)/p+1. The molecule has 0 fully saturated rings. The third kappa shape index (κ3) is 3.60. The number of aromatic amines is 1. The van der Waals surface area contributed by atoms with Gasteiger partial charge in [0.25, 0.3) is 4.90 Å². The second-order valence-corrected chi connectivity index (χ2v) is 7.50. The first-order chi connectivity index (χ1) is 9.90. The Kier molecular flexibility index (Phi) is 4.96. The van der Waals surface area contributed by atoms with Gasteiger partial charge in [-0.3, -0.25) is 4.79 Å². The average molecular weight is 327 g/mol. The molecule has 0 radical (unpaired) electrons. The Morgan fingerprint density at radius 2 is 2.14 bits per heavy atom. The van der Waals surface area contributed by atoms with Crippen molar-refractivity contribution in [3.8, 4) is 5.75 Å². The van der Waals surface area contributed by atoms with Gasteiger partial charge >= 0.3 is 5.56 Å². The molecule has 2 N–H and O–H groups in total. The molecule has 1 aromatic carbocycles. The van der Waals surface area contributed by atoms with Gasteiger partial charge in [0, 0.05) is 27.7 Å². The van der Waals surface area contributed by atoms with Gasteiger partial charge in [0.2, 0.25) is 0 Å². The van der Waals surface area contributed by atoms with Crippen LogP contribution in [0.3, 0.4) is 0 Å². The zero-order valence-electron chi connectivity index (χ0n) is 11.9. The van der Waals surface area contributed by atoms with E-state index in [1.54, 1.807) is 25.1 Å². The highest BCUT2D eigenvalue weighted by Crippen LogP contribution is 2.30. The maximum absolute atomic E-state index is 12.2. The Bertz CT molecular complexity index is 742. The molecule has 112 valence electrons. The van der Waals surface area contributed by atoms with Crippen LogP contribution in [-0.2, 0) is 15.7 Å². The minimum absolute atomic E-state index is 0.0130. The lowest BCUT2D eigenvalue weighted by Gasteiger charge is -2.07. The van der Waals surface area contributed by atoms with Crippen molar-refractivity contribution in [3.63, 3.8) is 0 Å². The summed E-state index contributed by atoms with van der Waals surface area (Å²) in [4.78, 5) is 26.3. The van der Waals surface area contributed by atoms with Crippen LogP contribution in [-0.4, -0.2) is 27.9 Å². The predicted molar refractivity (Wildman–Crippen MR) is 87.6 cm³/mol. The number of benzene rings is 1. The fourth-order valence-electron chi connectivity index (χ4n) is 2.20. The van der Waals surface area contributed by atoms with E-state index in [1.807, 2.05) is 6.26 Å². The number of nitrogens with one attached hydrogen (secondary N) is 1. The maximum Gasteiger partial charge on any atom is 0.307 e. The van der Waals surface area contributed by atoms with E-state index in [2.05, 4.69) is 4.98 Å². The quantitative estimate of drug-likeness (QED) is 0.830. The van der Waals surface area contributed by atoms with Crippen molar-refractivity contribution in [2.75, 3.05) is 12.0 Å². The number of carbonyl (C=O) groups excluding carboxylic acids is 1. The molecule has 1 aromatic heterocycles. The van der Waals surface area contributed by atoms with Crippen LogP contribution >= 0.6 is 11.6 Å². The summed E-state index contributed by atoms with van der Waals surface area (Å²) in [7, 11) is -0.413. The molecule has 2 rings (SSSR count). The van der Waals surface area contributed by atoms with Gasteiger partial charge in [-0.2, -0.15) is 0 Å². The van der Waals surface area contributed by atoms with Crippen molar-refractivity contribution >= 4 is 39.2 Å². The summed E-state index contributed by atoms with van der Waals surface area (Å²) in [5.74, 6) is 0.854. The lowest BCUT2D eigenvalue weighted by molar-refractivity contribution is -0.117. The molecule has 1 heterocycles. The van der Waals surface area contributed by atoms with Crippen molar-refractivity contribution in [2.24, 2.45) is 0 Å². The second kappa shape index (κ2) is 6.54. The van der Waals surface area contributed by atoms with Crippen LogP contribution in [0, 0.1) is 0 Å². The van der Waals surface area contributed by atoms with E-state index in [0.29, 0.717) is 39.4 Å². The summed E-state index contributed by atoms with van der Waals surface area (Å²) in [5.41, 5.74) is 0.227. The second-order valence-electron chi connectivity index (χ2n) is 4.97. The molecule has 4 nitrogen and oxygen atoms in total. The average Bonchev–Trinajstić information content (AvgIpc) is 2.37. The minimum Gasteiger partial charge on any atom is -0.503 e. The molecule has 0 saturated carbocycles. The first kappa shape index (κ1) is 15.9. The molecule has 0 aliphatic heterocycles. The highest BCUT2D eigenvalue weighted by Gasteiger charge is 2.26. The van der Waals surface area contributed by atoms with Crippen molar-refractivity contribution in [1.82, 2.24) is 4.98 Å². The summed E-state index contributed by atoms with van der Waals surface area (Å²) in [6, 6.07) is 4.99. The van der Waals surface area contributed by atoms with E-state index in [1.165, 1.54) is 0 Å². The lowest BCUT2D eigenvalue weighted by atomic mass is 10.2. The van der Waals surface area contributed by atoms with E-state index >= 15 is 0 Å². The highest BCUT2D eigenvalue weighted by atomic mass is 35.5. The summed E-state index contributed by atoms with van der Waals surface area (Å²) in [6.45, 7) is 1.55. The fraction of sp³-hybridized carbons (Fsp3) is 0.333. The molecular weight excluding hydrogens is 310 g/mol. The van der Waals surface area contributed by atoms with E-state index in [0.717, 1.165) is 0 Å². The number of H-pyrrole nitrogens is 1. The van der Waals surface area contributed by atoms with Crippen LogP contribution in [0.2, 0.25) is 5.02 Å². The molecule has 0 aliphatic rings. The summed E-state index contributed by atoms with van der Waals surface area (Å²) >= 11 is 5.89. The number of pyridine rings is 1. The summed E-state index contributed by atoms with van der Waals surface area (Å²) < 4.78 is 0. The molecule has 1 unspecified atom stereocenters. The molecule has 21 heavy (non-hydrogen) atoms. The van der Waals surface area contributed by atoms with Gasteiger partial charge in [0.05, 0.1) is 5.52 Å². The SMILES string of the molecule is CC(=O)CCC[S+](C)c1c(O)c2ccc(Cl)cc2[nH]c1=O. The van der Waals surface area contributed by atoms with Gasteiger partial charge in [-0.15, -0.1) is 0 Å². The maximum atomic E-state index is 12.2. The van der Waals surface area contributed by atoms with Crippen LogP contribution in [0.15, 0.2) is 27.9 Å². The number of hydrogen-bond acceptors (Lipinski definition) is 3. The fourth-order valence-corrected chi connectivity index (χ4v) is 3.96. The number of carbonyl (C=O) groups is 1. The number of aromatic hydroxyl groups is 1. The number of halogens is 1. The van der Waals surface area contributed by atoms with Gasteiger partial charge in [0.1, 0.15) is 17.8 Å². The Morgan fingerprint density at radius 3 is 2.81 bits per heavy atom. The van der Waals surface area contributed by atoms with Crippen LogP contribution in [0.1, 0.15) is 19.8 Å². The number of Topliss-reactive ketones (excluding diaryl/α,β-unsaturated/α-hetero) is 1. The first-order valence-electron chi connectivity index (χ1n) is 6.56. The monoisotopic (exact) mass is 326 g/mol. The van der Waals surface area contributed by atoms with Crippen molar-refractivity contribution in [1.29, 1.82) is 0 Å². The topological polar surface area (TPSA) is 70.2 Å². The van der Waals surface area contributed by atoms with Crippen molar-refractivity contribution in [3.05, 3.63) is 33.6 Å². The van der Waals surface area contributed by atoms with E-state index in [4.69, 9.17) is 11.6 Å². The molecule has 0 saturated heterocycles. The number of aromatic nitrogens is 1. The van der Waals surface area contributed by atoms with Gasteiger partial charge < -0.3 is 14.9 Å². The third-order valence-corrected chi connectivity index (χ3v) is 5.45. The molecule has 0 bridgehead atoms. The van der Waals surface area contributed by atoms with E-state index in [-0.39, 0.29) is 17.1 Å². The number of fused-ring (bicyclic) bond motifs is 1. The highest BCUT2D eigenvalue weighted by molar-refractivity contribution is 7.96. The van der Waals surface area contributed by atoms with Gasteiger partial charge in [-0.05, 0) is 31.5 Å². The zero-order valence-corrected chi connectivity index (χ0v) is 13.5. The molecule has 0 spiro atoms. The summed E-state index contributed by atoms with van der Waals surface area (Å²) in [6.07, 6.45) is 3.12. The normalized spacial score (nSPS) is 12.5. The predicted octanol–water partition coefficient (Wildman–Crippen LogP) is 2.86. The molecule has 0 aliphatic carbocycles. The Hall–Kier alpha value is -1.46. The lowest BCUT2D eigenvalue weighted by Crippen LogP contribution is -2.20. The Morgan fingerprint density at radius 1 is 1.43 bits per heavy atom. The van der Waals surface area contributed by atoms with Crippen molar-refractivity contribution < 1.29 is 9.90 Å². The van der Waals surface area contributed by atoms with Crippen LogP contribution in [0.25, 0.3) is 10.9 Å². The largest absolute Gasteiger partial charge is 0.503 e. The smallest absolute Gasteiger partial charge is 0.307 e. The minimum atomic E-state index is -0.413. The summed E-state index contributed by atoms with van der Waals surface area (Å²) in [5, 5.41) is 11.5. The van der Waals surface area contributed by atoms with Crippen molar-refractivity contribution in [2.45, 2.75) is 24.7 Å². The van der Waals surface area contributed by atoms with Gasteiger partial charge in [-0.25, -0.2) is 0 Å². The van der Waals surface area contributed by atoms with Gasteiger partial charge in [-0.1, -0.05) is 11.6 Å². The molecule has 1 atom stereocenters. The Balaban J connectivity index is 2.37. The van der Waals surface area contributed by atoms with Crippen LogP contribution in [0.4, 0.5) is 0 Å². The molecule has 2 aromatic rings. The van der Waals surface area contributed by atoms with Crippen LogP contribution in [0.5, 0.6) is 5.75 Å². The number of ketones is 1. The Labute approximate surface area is 130 Å². The van der Waals surface area contributed by atoms with Crippen LogP contribution < -0.4 is 5.56 Å². The molecular formula is C15H17ClNO3S+. The number of hydrogen-bond donors (Lipinski definition) is 2. The number of rotatable bonds is 5. The zero-order chi connectivity index (χ0) is 15.6. The van der Waals surface area contributed by atoms with E-state index < -0.39 is 10.9 Å². The molecule has 0 amide bonds. The van der Waals surface area contributed by atoms with Gasteiger partial charge in [0.15, 0.2) is 5.75 Å². The molecule has 6 heteroatoms. The van der Waals surface area contributed by atoms with E-state index in [9.17, 15) is 14.7 Å². The first-order valence-corrected chi connectivity index (χ1v) is 8.74. The third-order valence-electron chi connectivity index (χ3n) is 3.23.